The van der Waals surface area contributed by atoms with E-state index >= 15 is 0 Å². The average Bonchev–Trinajstić information content (AvgIpc) is 2.39. The summed E-state index contributed by atoms with van der Waals surface area (Å²) in [6, 6.07) is 9.70. The quantitative estimate of drug-likeness (QED) is 0.370. The Morgan fingerprint density at radius 3 is 2.65 bits per heavy atom. The van der Waals surface area contributed by atoms with Gasteiger partial charge < -0.3 is 0 Å². The van der Waals surface area contributed by atoms with Gasteiger partial charge >= 0.3 is 0 Å². The average molecular weight is 237 g/mol. The highest BCUT2D eigenvalue weighted by molar-refractivity contribution is 8.04. The van der Waals surface area contributed by atoms with Gasteiger partial charge in [0.2, 0.25) is 0 Å². The highest BCUT2D eigenvalue weighted by atomic mass is 32.2. The van der Waals surface area contributed by atoms with Crippen molar-refractivity contribution in [2.24, 2.45) is 0 Å². The number of hydrogen-bond donors (Lipinski definition) is 0. The number of nitriles is 1. The molecule has 0 atom stereocenters. The molecular weight excluding hydrogens is 230 g/mol. The predicted octanol–water partition coefficient (Wildman–Crippen LogP) is 3.36. The topological polar surface area (TPSA) is 49.6 Å². The molecule has 0 aliphatic carbocycles. The lowest BCUT2D eigenvalue weighted by Crippen LogP contribution is -1.86. The first-order valence-electron chi connectivity index (χ1n) is 5.08. The van der Waals surface area contributed by atoms with Crippen molar-refractivity contribution >= 4 is 33.6 Å². The fourth-order valence-electron chi connectivity index (χ4n) is 1.88. The second-order valence-corrected chi connectivity index (χ2v) is 4.37. The fraction of sp³-hybridized carbons (Fsp3) is 0. The van der Waals surface area contributed by atoms with Crippen molar-refractivity contribution in [3.8, 4) is 5.40 Å². The van der Waals surface area contributed by atoms with Gasteiger partial charge in [0, 0.05) is 28.1 Å². The molecule has 0 unspecified atom stereocenters. The van der Waals surface area contributed by atoms with Gasteiger partial charge in [-0.05, 0) is 30.0 Å². The zero-order valence-electron chi connectivity index (χ0n) is 8.79. The largest absolute Gasteiger partial charge is 0.254 e. The number of nitrogens with zero attached hydrogens (tertiary/aromatic N) is 3. The molecule has 3 aromatic rings. The van der Waals surface area contributed by atoms with E-state index < -0.39 is 0 Å². The molecule has 2 aromatic heterocycles. The van der Waals surface area contributed by atoms with Crippen LogP contribution in [0.5, 0.6) is 0 Å². The molecule has 0 bridgehead atoms. The Bertz CT molecular complexity index is 746. The van der Waals surface area contributed by atoms with Crippen molar-refractivity contribution in [3.63, 3.8) is 0 Å². The fourth-order valence-corrected chi connectivity index (χ4v) is 2.44. The van der Waals surface area contributed by atoms with Crippen LogP contribution < -0.4 is 0 Å². The highest BCUT2D eigenvalue weighted by Crippen LogP contribution is 2.31. The molecule has 4 heteroatoms. The molecule has 0 amide bonds. The summed E-state index contributed by atoms with van der Waals surface area (Å²) in [6.07, 6.45) is 3.50. The lowest BCUT2D eigenvalue weighted by Gasteiger charge is -2.05. The van der Waals surface area contributed by atoms with Crippen LogP contribution in [0.4, 0.5) is 0 Å². The molecule has 80 valence electrons. The van der Waals surface area contributed by atoms with Crippen molar-refractivity contribution in [2.45, 2.75) is 4.90 Å². The van der Waals surface area contributed by atoms with Gasteiger partial charge in [-0.15, -0.1) is 0 Å². The van der Waals surface area contributed by atoms with Gasteiger partial charge in [0.1, 0.15) is 5.40 Å². The number of thioether (sulfide) groups is 1. The van der Waals surface area contributed by atoms with Crippen molar-refractivity contribution < 1.29 is 0 Å². The molecular formula is C13H7N3S. The van der Waals surface area contributed by atoms with Crippen LogP contribution in [0.3, 0.4) is 0 Å². The minimum absolute atomic E-state index is 0.850. The molecule has 0 radical (unpaired) electrons. The summed E-state index contributed by atoms with van der Waals surface area (Å²) in [5, 5.41) is 12.9. The highest BCUT2D eigenvalue weighted by Gasteiger charge is 2.08. The third kappa shape index (κ3) is 1.61. The van der Waals surface area contributed by atoms with E-state index in [-0.39, 0.29) is 0 Å². The molecule has 2 heterocycles. The van der Waals surface area contributed by atoms with Crippen LogP contribution in [0.25, 0.3) is 21.8 Å². The Kier molecular flexibility index (Phi) is 2.39. The van der Waals surface area contributed by atoms with E-state index in [1.165, 1.54) is 0 Å². The van der Waals surface area contributed by atoms with E-state index in [4.69, 9.17) is 5.26 Å². The van der Waals surface area contributed by atoms with Crippen LogP contribution in [0, 0.1) is 10.7 Å². The lowest BCUT2D eigenvalue weighted by molar-refractivity contribution is 1.36. The van der Waals surface area contributed by atoms with E-state index in [1.54, 1.807) is 12.4 Å². The SMILES string of the molecule is N#CSc1cc2cccnc2c2ncccc12. The number of hydrogen-bond acceptors (Lipinski definition) is 4. The summed E-state index contributed by atoms with van der Waals surface area (Å²) >= 11 is 1.16. The van der Waals surface area contributed by atoms with Gasteiger partial charge in [0.25, 0.3) is 0 Å². The first-order valence-corrected chi connectivity index (χ1v) is 5.90. The van der Waals surface area contributed by atoms with E-state index in [0.29, 0.717) is 0 Å². The normalized spacial score (nSPS) is 10.5. The third-order valence-electron chi connectivity index (χ3n) is 2.58. The summed E-state index contributed by atoms with van der Waals surface area (Å²) < 4.78 is 0. The lowest BCUT2D eigenvalue weighted by atomic mass is 10.1. The molecule has 1 aromatic carbocycles. The summed E-state index contributed by atoms with van der Waals surface area (Å²) in [7, 11) is 0. The van der Waals surface area contributed by atoms with E-state index in [2.05, 4.69) is 15.4 Å². The second-order valence-electron chi connectivity index (χ2n) is 3.54. The van der Waals surface area contributed by atoms with Gasteiger partial charge in [-0.3, -0.25) is 9.97 Å². The molecule has 0 saturated heterocycles. The molecule has 0 N–H and O–H groups in total. The summed E-state index contributed by atoms with van der Waals surface area (Å²) in [6.45, 7) is 0. The minimum Gasteiger partial charge on any atom is -0.254 e. The summed E-state index contributed by atoms with van der Waals surface area (Å²) in [5.74, 6) is 0. The monoisotopic (exact) mass is 237 g/mol. The zero-order valence-corrected chi connectivity index (χ0v) is 9.61. The van der Waals surface area contributed by atoms with Gasteiger partial charge in [-0.2, -0.15) is 5.26 Å². The Morgan fingerprint density at radius 1 is 1.06 bits per heavy atom. The smallest absolute Gasteiger partial charge is 0.138 e. The van der Waals surface area contributed by atoms with Crippen LogP contribution in [0.1, 0.15) is 0 Å². The van der Waals surface area contributed by atoms with Crippen molar-refractivity contribution in [2.75, 3.05) is 0 Å². The van der Waals surface area contributed by atoms with Crippen molar-refractivity contribution in [3.05, 3.63) is 42.7 Å². The maximum Gasteiger partial charge on any atom is 0.138 e. The number of aromatic nitrogens is 2. The maximum atomic E-state index is 8.83. The number of fused-ring (bicyclic) bond motifs is 3. The molecule has 3 rings (SSSR count). The number of benzene rings is 1. The zero-order chi connectivity index (χ0) is 11.7. The standard InChI is InChI=1S/C13H7N3S/c14-8-17-11-7-9-3-1-5-15-12(9)13-10(11)4-2-6-16-13/h1-7H. The number of rotatable bonds is 1. The number of thiocyanates is 1. The second kappa shape index (κ2) is 4.04. The van der Waals surface area contributed by atoms with E-state index in [9.17, 15) is 0 Å². The van der Waals surface area contributed by atoms with Crippen LogP contribution >= 0.6 is 11.8 Å². The molecule has 3 nitrogen and oxygen atoms in total. The molecule has 0 aliphatic rings. The van der Waals surface area contributed by atoms with Crippen LogP contribution in [0.15, 0.2) is 47.6 Å². The Morgan fingerprint density at radius 2 is 1.82 bits per heavy atom. The van der Waals surface area contributed by atoms with Gasteiger partial charge in [0.15, 0.2) is 0 Å². The van der Waals surface area contributed by atoms with E-state index in [0.717, 1.165) is 38.5 Å². The minimum atomic E-state index is 0.850. The number of pyridine rings is 2. The molecule has 0 saturated carbocycles. The van der Waals surface area contributed by atoms with Gasteiger partial charge in [0.05, 0.1) is 11.0 Å². The Hall–Kier alpha value is -2.12. The van der Waals surface area contributed by atoms with Crippen LogP contribution in [0.2, 0.25) is 0 Å². The van der Waals surface area contributed by atoms with Crippen molar-refractivity contribution in [1.82, 2.24) is 9.97 Å². The van der Waals surface area contributed by atoms with E-state index in [1.807, 2.05) is 30.3 Å². The third-order valence-corrected chi connectivity index (χ3v) is 3.23. The Balaban J connectivity index is 2.51. The van der Waals surface area contributed by atoms with Gasteiger partial charge in [-0.25, -0.2) is 0 Å². The molecule has 0 fully saturated rings. The molecule has 0 aliphatic heterocycles. The molecule has 17 heavy (non-hydrogen) atoms. The first kappa shape index (κ1) is 10.1. The summed E-state index contributed by atoms with van der Waals surface area (Å²) in [5.41, 5.74) is 1.73. The Labute approximate surface area is 102 Å². The maximum absolute atomic E-state index is 8.83. The first-order chi connectivity index (χ1) is 8.40. The summed E-state index contributed by atoms with van der Waals surface area (Å²) in [4.78, 5) is 9.65. The predicted molar refractivity (Wildman–Crippen MR) is 68.5 cm³/mol. The van der Waals surface area contributed by atoms with Crippen molar-refractivity contribution in [1.29, 1.82) is 5.26 Å². The van der Waals surface area contributed by atoms with Crippen LogP contribution in [-0.2, 0) is 0 Å². The van der Waals surface area contributed by atoms with Gasteiger partial charge in [-0.1, -0.05) is 12.1 Å². The van der Waals surface area contributed by atoms with Crippen LogP contribution in [-0.4, -0.2) is 9.97 Å². The molecule has 0 spiro atoms.